The van der Waals surface area contributed by atoms with Crippen molar-refractivity contribution in [2.45, 2.75) is 19.5 Å². The molecule has 0 spiro atoms. The Hall–Kier alpha value is -3.56. The van der Waals surface area contributed by atoms with Crippen molar-refractivity contribution in [1.82, 2.24) is 14.7 Å². The van der Waals surface area contributed by atoms with E-state index in [1.807, 2.05) is 11.3 Å². The van der Waals surface area contributed by atoms with Crippen molar-refractivity contribution < 1.29 is 23.2 Å². The lowest BCUT2D eigenvalue weighted by atomic mass is 10.1. The number of hydrogen-bond donors (Lipinski definition) is 3. The first-order chi connectivity index (χ1) is 13.8. The molecule has 0 atom stereocenters. The molecule has 0 bridgehead atoms. The second-order valence-electron chi connectivity index (χ2n) is 6.19. The molecule has 0 aliphatic heterocycles. The molecule has 0 aliphatic rings. The summed E-state index contributed by atoms with van der Waals surface area (Å²) in [6.07, 6.45) is -0.495. The average molecular weight is 405 g/mol. The summed E-state index contributed by atoms with van der Waals surface area (Å²) in [4.78, 5) is 16.0. The Morgan fingerprint density at radius 2 is 2.07 bits per heavy atom. The van der Waals surface area contributed by atoms with Crippen molar-refractivity contribution in [3.8, 4) is 11.3 Å². The molecule has 0 unspecified atom stereocenters. The van der Waals surface area contributed by atoms with Gasteiger partial charge in [-0.2, -0.15) is 13.2 Å². The second-order valence-corrected chi connectivity index (χ2v) is 6.19. The smallest absolute Gasteiger partial charge is 0.405 e. The number of amides is 2. The van der Waals surface area contributed by atoms with E-state index in [1.165, 1.54) is 0 Å². The molecule has 0 aliphatic carbocycles. The van der Waals surface area contributed by atoms with Gasteiger partial charge in [0.1, 0.15) is 12.2 Å². The molecule has 3 aromatic rings. The molecule has 10 heteroatoms. The van der Waals surface area contributed by atoms with Crippen molar-refractivity contribution in [1.29, 1.82) is 0 Å². The van der Waals surface area contributed by atoms with Crippen LogP contribution in [0.5, 0.6) is 0 Å². The van der Waals surface area contributed by atoms with Crippen LogP contribution < -0.4 is 10.6 Å². The predicted molar refractivity (Wildman–Crippen MR) is 102 cm³/mol. The number of fused-ring (bicyclic) bond motifs is 1. The summed E-state index contributed by atoms with van der Waals surface area (Å²) >= 11 is 0. The molecule has 0 saturated carbocycles. The van der Waals surface area contributed by atoms with E-state index in [0.717, 1.165) is 11.3 Å². The Kier molecular flexibility index (Phi) is 5.71. The number of alkyl halides is 3. The summed E-state index contributed by atoms with van der Waals surface area (Å²) in [6.45, 7) is 0.463. The SMILES string of the molecule is CCC(=NO)c1ccn2c(-c3cccc(NC(=O)NCC(F)(F)F)c3)cnc2c1. The molecule has 29 heavy (non-hydrogen) atoms. The molecule has 1 aromatic carbocycles. The zero-order valence-corrected chi connectivity index (χ0v) is 15.4. The third-order valence-electron chi connectivity index (χ3n) is 4.17. The van der Waals surface area contributed by atoms with Gasteiger partial charge in [0.25, 0.3) is 0 Å². The first kappa shape index (κ1) is 20.2. The summed E-state index contributed by atoms with van der Waals surface area (Å²) in [5.74, 6) is 0. The maximum Gasteiger partial charge on any atom is 0.405 e. The van der Waals surface area contributed by atoms with Crippen LogP contribution in [-0.2, 0) is 0 Å². The minimum absolute atomic E-state index is 0.342. The van der Waals surface area contributed by atoms with Gasteiger partial charge in [0.05, 0.1) is 17.6 Å². The first-order valence-electron chi connectivity index (χ1n) is 8.71. The fourth-order valence-electron chi connectivity index (χ4n) is 2.82. The van der Waals surface area contributed by atoms with Crippen LogP contribution in [0.3, 0.4) is 0 Å². The summed E-state index contributed by atoms with van der Waals surface area (Å²) in [5, 5.41) is 16.5. The lowest BCUT2D eigenvalue weighted by molar-refractivity contribution is -0.122. The number of nitrogens with one attached hydrogen (secondary N) is 2. The van der Waals surface area contributed by atoms with Crippen molar-refractivity contribution in [3.63, 3.8) is 0 Å². The Labute approximate surface area is 163 Å². The minimum Gasteiger partial charge on any atom is -0.411 e. The van der Waals surface area contributed by atoms with E-state index in [-0.39, 0.29) is 0 Å². The number of pyridine rings is 1. The highest BCUT2D eigenvalue weighted by Crippen LogP contribution is 2.24. The minimum atomic E-state index is -4.48. The Bertz CT molecular complexity index is 1060. The number of urea groups is 1. The van der Waals surface area contributed by atoms with Gasteiger partial charge >= 0.3 is 12.2 Å². The van der Waals surface area contributed by atoms with Crippen molar-refractivity contribution in [2.24, 2.45) is 5.16 Å². The van der Waals surface area contributed by atoms with Crippen LogP contribution >= 0.6 is 0 Å². The van der Waals surface area contributed by atoms with E-state index >= 15 is 0 Å². The lowest BCUT2D eigenvalue weighted by Gasteiger charge is -2.11. The van der Waals surface area contributed by atoms with Crippen LogP contribution in [0.15, 0.2) is 53.9 Å². The Morgan fingerprint density at radius 1 is 1.28 bits per heavy atom. The molecule has 2 amide bonds. The van der Waals surface area contributed by atoms with Crippen LogP contribution in [-0.4, -0.2) is 39.1 Å². The Balaban J connectivity index is 1.83. The molecule has 2 aromatic heterocycles. The van der Waals surface area contributed by atoms with E-state index in [2.05, 4.69) is 15.5 Å². The number of oxime groups is 1. The number of carbonyl (C=O) groups excluding carboxylic acids is 1. The number of aromatic nitrogens is 2. The van der Waals surface area contributed by atoms with Gasteiger partial charge in [0.2, 0.25) is 0 Å². The van der Waals surface area contributed by atoms with Gasteiger partial charge < -0.3 is 15.8 Å². The summed E-state index contributed by atoms with van der Waals surface area (Å²) in [6, 6.07) is 9.31. The number of anilines is 1. The number of nitrogens with zero attached hydrogens (tertiary/aromatic N) is 3. The number of hydrogen-bond acceptors (Lipinski definition) is 4. The molecular formula is C19H18F3N5O2. The highest BCUT2D eigenvalue weighted by atomic mass is 19.4. The number of rotatable bonds is 5. The van der Waals surface area contributed by atoms with Crippen LogP contribution in [0.1, 0.15) is 18.9 Å². The number of carbonyl (C=O) groups is 1. The zero-order chi connectivity index (χ0) is 21.0. The lowest BCUT2D eigenvalue weighted by Crippen LogP contribution is -2.36. The number of imidazole rings is 1. The van der Waals surface area contributed by atoms with Crippen LogP contribution in [0.25, 0.3) is 16.9 Å². The van der Waals surface area contributed by atoms with Gasteiger partial charge in [0.15, 0.2) is 0 Å². The van der Waals surface area contributed by atoms with Gasteiger partial charge in [-0.3, -0.25) is 4.40 Å². The highest BCUT2D eigenvalue weighted by Gasteiger charge is 2.27. The average Bonchev–Trinajstić information content (AvgIpc) is 3.10. The zero-order valence-electron chi connectivity index (χ0n) is 15.4. The molecule has 3 N–H and O–H groups in total. The maximum atomic E-state index is 12.2. The van der Waals surface area contributed by atoms with Gasteiger partial charge in [-0.1, -0.05) is 24.2 Å². The fraction of sp³-hybridized carbons (Fsp3) is 0.211. The van der Waals surface area contributed by atoms with Gasteiger partial charge in [0, 0.05) is 23.0 Å². The van der Waals surface area contributed by atoms with E-state index in [1.54, 1.807) is 54.1 Å². The molecule has 7 nitrogen and oxygen atoms in total. The second kappa shape index (κ2) is 8.21. The summed E-state index contributed by atoms with van der Waals surface area (Å²) in [7, 11) is 0. The third kappa shape index (κ3) is 4.84. The summed E-state index contributed by atoms with van der Waals surface area (Å²) in [5.41, 5.74) is 3.70. The van der Waals surface area contributed by atoms with E-state index in [9.17, 15) is 18.0 Å². The first-order valence-corrected chi connectivity index (χ1v) is 8.71. The number of halogens is 3. The van der Waals surface area contributed by atoms with Gasteiger partial charge in [-0.15, -0.1) is 0 Å². The quantitative estimate of drug-likeness (QED) is 0.336. The Morgan fingerprint density at radius 3 is 2.76 bits per heavy atom. The summed E-state index contributed by atoms with van der Waals surface area (Å²) < 4.78 is 38.4. The van der Waals surface area contributed by atoms with Crippen molar-refractivity contribution in [2.75, 3.05) is 11.9 Å². The third-order valence-corrected chi connectivity index (χ3v) is 4.17. The highest BCUT2D eigenvalue weighted by molar-refractivity contribution is 6.00. The largest absolute Gasteiger partial charge is 0.411 e. The molecule has 0 saturated heterocycles. The molecule has 0 fully saturated rings. The van der Waals surface area contributed by atoms with E-state index in [4.69, 9.17) is 5.21 Å². The fourth-order valence-corrected chi connectivity index (χ4v) is 2.82. The molecule has 3 rings (SSSR count). The topological polar surface area (TPSA) is 91.0 Å². The molecule has 2 heterocycles. The molecular weight excluding hydrogens is 387 g/mol. The van der Waals surface area contributed by atoms with E-state index < -0.39 is 18.8 Å². The normalized spacial score (nSPS) is 12.2. The van der Waals surface area contributed by atoms with Crippen LogP contribution in [0.4, 0.5) is 23.7 Å². The van der Waals surface area contributed by atoms with Crippen molar-refractivity contribution >= 4 is 23.1 Å². The maximum absolute atomic E-state index is 12.2. The standard InChI is InChI=1S/C19H18F3N5O2/c1-2-15(26-29)12-6-7-27-16(10-23-17(27)9-12)13-4-3-5-14(8-13)25-18(28)24-11-19(20,21)22/h3-10,29H,2,11H2,1H3,(H2,24,25,28). The molecule has 152 valence electrons. The monoisotopic (exact) mass is 405 g/mol. The molecule has 0 radical (unpaired) electrons. The van der Waals surface area contributed by atoms with Crippen LogP contribution in [0.2, 0.25) is 0 Å². The van der Waals surface area contributed by atoms with Crippen molar-refractivity contribution in [3.05, 3.63) is 54.4 Å². The number of benzene rings is 1. The van der Waals surface area contributed by atoms with Gasteiger partial charge in [-0.05, 0) is 30.7 Å². The predicted octanol–water partition coefficient (Wildman–Crippen LogP) is 4.27. The van der Waals surface area contributed by atoms with Gasteiger partial charge in [-0.25, -0.2) is 9.78 Å². The van der Waals surface area contributed by atoms with Crippen LogP contribution in [0, 0.1) is 0 Å². The van der Waals surface area contributed by atoms with E-state index in [0.29, 0.717) is 29.0 Å².